The third kappa shape index (κ3) is 3.22. The highest BCUT2D eigenvalue weighted by molar-refractivity contribution is 6.07. The van der Waals surface area contributed by atoms with Crippen LogP contribution >= 0.6 is 0 Å². The van der Waals surface area contributed by atoms with Crippen LogP contribution in [-0.4, -0.2) is 35.0 Å². The molecule has 31 heavy (non-hydrogen) atoms. The molecule has 4 heterocycles. The molecule has 1 atom stereocenters. The Labute approximate surface area is 177 Å². The zero-order valence-corrected chi connectivity index (χ0v) is 17.1. The first kappa shape index (κ1) is 19.2. The summed E-state index contributed by atoms with van der Waals surface area (Å²) in [7, 11) is 0. The number of fused-ring (bicyclic) bond motifs is 1. The average Bonchev–Trinajstić information content (AvgIpc) is 3.40. The van der Waals surface area contributed by atoms with Crippen LogP contribution in [0.1, 0.15) is 30.4 Å². The van der Waals surface area contributed by atoms with Gasteiger partial charge in [0.25, 0.3) is 11.8 Å². The van der Waals surface area contributed by atoms with E-state index in [4.69, 9.17) is 18.3 Å². The number of amides is 3. The number of nitrogens with zero attached hydrogens (tertiary/aromatic N) is 2. The van der Waals surface area contributed by atoms with Crippen LogP contribution in [0.2, 0.25) is 0 Å². The largest absolute Gasteiger partial charge is 0.490 e. The van der Waals surface area contributed by atoms with E-state index in [0.717, 1.165) is 11.3 Å². The van der Waals surface area contributed by atoms with E-state index < -0.39 is 11.6 Å². The van der Waals surface area contributed by atoms with Gasteiger partial charge in [-0.15, -0.1) is 0 Å². The number of urea groups is 1. The van der Waals surface area contributed by atoms with Gasteiger partial charge in [0.1, 0.15) is 17.0 Å². The molecule has 1 saturated heterocycles. The van der Waals surface area contributed by atoms with Crippen molar-refractivity contribution in [3.8, 4) is 23.1 Å². The van der Waals surface area contributed by atoms with Gasteiger partial charge in [0.05, 0.1) is 26.0 Å². The summed E-state index contributed by atoms with van der Waals surface area (Å²) in [4.78, 5) is 31.6. The molecule has 0 aliphatic carbocycles. The number of rotatable bonds is 4. The third-order valence-electron chi connectivity index (χ3n) is 5.53. The minimum atomic E-state index is -1.23. The molecule has 5 rings (SSSR count). The highest BCUT2D eigenvalue weighted by Crippen LogP contribution is 2.37. The predicted molar refractivity (Wildman–Crippen MR) is 107 cm³/mol. The lowest BCUT2D eigenvalue weighted by Crippen LogP contribution is -2.40. The van der Waals surface area contributed by atoms with E-state index >= 15 is 0 Å². The maximum Gasteiger partial charge on any atom is 0.325 e. The first-order chi connectivity index (χ1) is 15.0. The molecule has 0 bridgehead atoms. The van der Waals surface area contributed by atoms with E-state index in [1.165, 1.54) is 6.26 Å². The number of hydrogen-bond donors (Lipinski definition) is 1. The van der Waals surface area contributed by atoms with Gasteiger partial charge in [-0.2, -0.15) is 0 Å². The molecule has 1 aromatic carbocycles. The average molecular weight is 423 g/mol. The monoisotopic (exact) mass is 423 g/mol. The molecule has 9 heteroatoms. The van der Waals surface area contributed by atoms with Crippen molar-refractivity contribution >= 4 is 11.9 Å². The highest BCUT2D eigenvalue weighted by atomic mass is 16.5. The quantitative estimate of drug-likeness (QED) is 0.641. The normalized spacial score (nSPS) is 20.6. The van der Waals surface area contributed by atoms with Crippen molar-refractivity contribution in [2.75, 3.05) is 13.2 Å². The lowest BCUT2D eigenvalue weighted by atomic mass is 9.91. The molecular formula is C22H21N3O6. The van der Waals surface area contributed by atoms with Gasteiger partial charge in [-0.1, -0.05) is 6.07 Å². The van der Waals surface area contributed by atoms with Crippen molar-refractivity contribution in [2.24, 2.45) is 0 Å². The van der Waals surface area contributed by atoms with E-state index in [-0.39, 0.29) is 12.5 Å². The smallest absolute Gasteiger partial charge is 0.325 e. The summed E-state index contributed by atoms with van der Waals surface area (Å²) in [6.45, 7) is 4.50. The molecule has 3 amide bonds. The van der Waals surface area contributed by atoms with Gasteiger partial charge in [0.2, 0.25) is 0 Å². The number of hydrogen-bond acceptors (Lipinski definition) is 7. The second-order valence-corrected chi connectivity index (χ2v) is 7.66. The Hall–Kier alpha value is -3.75. The topological polar surface area (TPSA) is 107 Å². The molecule has 2 aromatic heterocycles. The van der Waals surface area contributed by atoms with Gasteiger partial charge in [-0.05, 0) is 43.7 Å². The van der Waals surface area contributed by atoms with Crippen molar-refractivity contribution in [3.63, 3.8) is 0 Å². The number of benzene rings is 1. The second kappa shape index (κ2) is 7.19. The number of nitrogens with one attached hydrogen (secondary N) is 1. The van der Waals surface area contributed by atoms with Crippen LogP contribution in [-0.2, 0) is 16.9 Å². The van der Waals surface area contributed by atoms with Crippen molar-refractivity contribution in [2.45, 2.75) is 32.4 Å². The van der Waals surface area contributed by atoms with E-state index in [0.29, 0.717) is 53.4 Å². The predicted octanol–water partition coefficient (Wildman–Crippen LogP) is 3.37. The number of aryl methyl sites for hydroxylation is 1. The first-order valence-electron chi connectivity index (χ1n) is 10.00. The minimum absolute atomic E-state index is 0.0130. The van der Waals surface area contributed by atoms with Crippen LogP contribution in [0, 0.1) is 6.92 Å². The van der Waals surface area contributed by atoms with Crippen molar-refractivity contribution in [3.05, 3.63) is 53.6 Å². The Morgan fingerprint density at radius 3 is 2.74 bits per heavy atom. The lowest BCUT2D eigenvalue weighted by molar-refractivity contribution is -0.131. The molecule has 1 fully saturated rings. The maximum atomic E-state index is 13.3. The molecule has 2 aliphatic rings. The summed E-state index contributed by atoms with van der Waals surface area (Å²) in [6, 6.07) is 8.24. The van der Waals surface area contributed by atoms with Crippen LogP contribution < -0.4 is 14.8 Å². The van der Waals surface area contributed by atoms with Crippen molar-refractivity contribution in [1.82, 2.24) is 15.2 Å². The molecule has 3 aromatic rings. The van der Waals surface area contributed by atoms with Gasteiger partial charge in [-0.3, -0.25) is 9.69 Å². The molecule has 0 radical (unpaired) electrons. The number of oxazole rings is 1. The van der Waals surface area contributed by atoms with Gasteiger partial charge >= 0.3 is 6.03 Å². The number of carbonyl (C=O) groups is 2. The third-order valence-corrected chi connectivity index (χ3v) is 5.53. The Kier molecular flexibility index (Phi) is 4.46. The summed E-state index contributed by atoms with van der Waals surface area (Å²) >= 11 is 0. The number of ether oxygens (including phenoxy) is 2. The Balaban J connectivity index is 1.41. The molecule has 0 saturated carbocycles. The summed E-state index contributed by atoms with van der Waals surface area (Å²) in [5.41, 5.74) is -0.132. The lowest BCUT2D eigenvalue weighted by Gasteiger charge is -2.23. The second-order valence-electron chi connectivity index (χ2n) is 7.66. The van der Waals surface area contributed by atoms with Crippen LogP contribution in [0.4, 0.5) is 4.79 Å². The zero-order chi connectivity index (χ0) is 21.6. The minimum Gasteiger partial charge on any atom is -0.490 e. The first-order valence-corrected chi connectivity index (χ1v) is 10.00. The molecular weight excluding hydrogens is 402 g/mol. The maximum absolute atomic E-state index is 13.3. The Morgan fingerprint density at radius 2 is 1.97 bits per heavy atom. The molecule has 0 spiro atoms. The van der Waals surface area contributed by atoms with E-state index in [1.807, 2.05) is 0 Å². The van der Waals surface area contributed by atoms with Crippen molar-refractivity contribution in [1.29, 1.82) is 0 Å². The number of aromatic nitrogens is 1. The van der Waals surface area contributed by atoms with Crippen LogP contribution in [0.3, 0.4) is 0 Å². The molecule has 2 aliphatic heterocycles. The molecule has 1 unspecified atom stereocenters. The number of carbonyl (C=O) groups excluding carboxylic acids is 2. The van der Waals surface area contributed by atoms with Crippen LogP contribution in [0.15, 0.2) is 45.4 Å². The van der Waals surface area contributed by atoms with E-state index in [9.17, 15) is 9.59 Å². The standard InChI is InChI=1S/C22H21N3O6/c1-13-15(23-19(31-13)17-5-3-8-29-17)12-25-20(26)22(2,24-21(25)27)14-6-7-16-18(11-14)30-10-4-9-28-16/h3,5-8,11H,4,9-10,12H2,1-2H3,(H,24,27). The Morgan fingerprint density at radius 1 is 1.16 bits per heavy atom. The van der Waals surface area contributed by atoms with Crippen LogP contribution in [0.5, 0.6) is 11.5 Å². The fraction of sp³-hybridized carbons (Fsp3) is 0.318. The van der Waals surface area contributed by atoms with E-state index in [1.54, 1.807) is 44.2 Å². The fourth-order valence-corrected chi connectivity index (χ4v) is 3.74. The number of furan rings is 1. The Bertz CT molecular complexity index is 1150. The molecule has 160 valence electrons. The van der Waals surface area contributed by atoms with Gasteiger partial charge in [-0.25, -0.2) is 9.78 Å². The zero-order valence-electron chi connectivity index (χ0n) is 17.1. The summed E-state index contributed by atoms with van der Waals surface area (Å²) in [5, 5.41) is 2.81. The van der Waals surface area contributed by atoms with Crippen molar-refractivity contribution < 1.29 is 27.9 Å². The van der Waals surface area contributed by atoms with E-state index in [2.05, 4.69) is 10.3 Å². The van der Waals surface area contributed by atoms with Gasteiger partial charge in [0, 0.05) is 6.42 Å². The van der Waals surface area contributed by atoms with Gasteiger partial charge < -0.3 is 23.6 Å². The summed E-state index contributed by atoms with van der Waals surface area (Å²) < 4.78 is 22.4. The number of imide groups is 1. The SMILES string of the molecule is Cc1oc(-c2ccco2)nc1CN1C(=O)NC(C)(c2ccc3c(c2)OCCCO3)C1=O. The fourth-order valence-electron chi connectivity index (χ4n) is 3.74. The molecule has 1 N–H and O–H groups in total. The summed E-state index contributed by atoms with van der Waals surface area (Å²) in [5.74, 6) is 2.10. The highest BCUT2D eigenvalue weighted by Gasteiger charge is 2.49. The molecule has 9 nitrogen and oxygen atoms in total. The van der Waals surface area contributed by atoms with Gasteiger partial charge in [0.15, 0.2) is 17.3 Å². The summed E-state index contributed by atoms with van der Waals surface area (Å²) in [6.07, 6.45) is 2.30. The van der Waals surface area contributed by atoms with Crippen LogP contribution in [0.25, 0.3) is 11.7 Å².